The predicted octanol–water partition coefficient (Wildman–Crippen LogP) is 3.25. The van der Waals surface area contributed by atoms with Crippen molar-refractivity contribution < 1.29 is 19.4 Å². The minimum atomic E-state index is -1.92. The Morgan fingerprint density at radius 2 is 1.93 bits per heavy atom. The molecule has 1 saturated heterocycles. The number of hydrogen-bond acceptors (Lipinski definition) is 4. The van der Waals surface area contributed by atoms with Crippen molar-refractivity contribution in [1.82, 2.24) is 4.90 Å². The normalized spacial score (nSPS) is 20.1. The zero-order valence-electron chi connectivity index (χ0n) is 17.4. The minimum Gasteiger partial charge on any atom is -0.447 e. The Morgan fingerprint density at radius 1 is 1.32 bits per heavy atom. The van der Waals surface area contributed by atoms with Crippen LogP contribution in [0.2, 0.25) is 13.1 Å². The van der Waals surface area contributed by atoms with Crippen LogP contribution in [0.1, 0.15) is 20.8 Å². The zero-order valence-corrected chi connectivity index (χ0v) is 18.4. The highest BCUT2D eigenvalue weighted by Gasteiger charge is 2.46. The molecule has 1 aromatic carbocycles. The summed E-state index contributed by atoms with van der Waals surface area (Å²) in [4.78, 5) is 26.4. The molecular formula is C22H31NO4Si. The summed E-state index contributed by atoms with van der Waals surface area (Å²) in [5, 5.41) is 11.9. The molecule has 28 heavy (non-hydrogen) atoms. The van der Waals surface area contributed by atoms with Crippen molar-refractivity contribution in [3.8, 4) is 0 Å². The molecule has 1 aromatic rings. The van der Waals surface area contributed by atoms with E-state index in [0.29, 0.717) is 0 Å². The molecule has 5 nitrogen and oxygen atoms in total. The summed E-state index contributed by atoms with van der Waals surface area (Å²) in [7, 11) is -1.92. The molecule has 1 aliphatic heterocycles. The van der Waals surface area contributed by atoms with Gasteiger partial charge < -0.3 is 9.84 Å². The first-order chi connectivity index (χ1) is 13.0. The molecule has 1 N–H and O–H groups in total. The van der Waals surface area contributed by atoms with Gasteiger partial charge in [0.1, 0.15) is 14.7 Å². The molecule has 152 valence electrons. The maximum absolute atomic E-state index is 13.1. The smallest absolute Gasteiger partial charge is 0.417 e. The van der Waals surface area contributed by atoms with Crippen molar-refractivity contribution in [2.24, 2.45) is 11.3 Å². The molecule has 0 aromatic heterocycles. The van der Waals surface area contributed by atoms with E-state index in [2.05, 4.69) is 31.8 Å². The largest absolute Gasteiger partial charge is 0.447 e. The molecule has 0 unspecified atom stereocenters. The van der Waals surface area contributed by atoms with Gasteiger partial charge in [0.05, 0.1) is 18.1 Å². The molecule has 0 radical (unpaired) electrons. The maximum Gasteiger partial charge on any atom is 0.417 e. The third kappa shape index (κ3) is 4.80. The molecule has 0 spiro atoms. The van der Waals surface area contributed by atoms with Crippen LogP contribution in [-0.2, 0) is 9.53 Å². The molecular weight excluding hydrogens is 370 g/mol. The number of aliphatic hydroxyl groups is 1. The first kappa shape index (κ1) is 22.1. The van der Waals surface area contributed by atoms with E-state index in [1.807, 2.05) is 44.7 Å². The monoisotopic (exact) mass is 401 g/mol. The highest BCUT2D eigenvalue weighted by molar-refractivity contribution is 6.93. The van der Waals surface area contributed by atoms with Crippen LogP contribution in [0.5, 0.6) is 0 Å². The number of rotatable bonds is 6. The number of nitrogens with zero attached hydrogens (tertiary/aromatic N) is 1. The third-order valence-electron chi connectivity index (χ3n) is 5.25. The Kier molecular flexibility index (Phi) is 6.67. The molecule has 0 bridgehead atoms. The Hall–Kier alpha value is -2.18. The summed E-state index contributed by atoms with van der Waals surface area (Å²) in [5.41, 5.74) is 1.69. The first-order valence-electron chi connectivity index (χ1n) is 9.54. The highest BCUT2D eigenvalue weighted by atomic mass is 28.3. The van der Waals surface area contributed by atoms with E-state index in [1.165, 1.54) is 11.3 Å². The van der Waals surface area contributed by atoms with Gasteiger partial charge in [0.2, 0.25) is 5.91 Å². The van der Waals surface area contributed by atoms with Crippen molar-refractivity contribution in [3.63, 3.8) is 0 Å². The summed E-state index contributed by atoms with van der Waals surface area (Å²) in [6.07, 6.45) is 1.35. The van der Waals surface area contributed by atoms with Crippen LogP contribution in [0, 0.1) is 11.3 Å². The van der Waals surface area contributed by atoms with Gasteiger partial charge >= 0.3 is 6.09 Å². The van der Waals surface area contributed by atoms with E-state index < -0.39 is 32.1 Å². The van der Waals surface area contributed by atoms with Crippen molar-refractivity contribution in [3.05, 3.63) is 54.8 Å². The SMILES string of the molecule is C=C[C@H](C(=O)N1C(=O)OC[C@@H]1C(C)(C)C)[C@@H](O)/C=C/[Si](C)(C)c1ccccc1. The molecule has 1 aliphatic rings. The number of carbonyl (C=O) groups excluding carboxylic acids is 2. The lowest BCUT2D eigenvalue weighted by Gasteiger charge is -2.33. The molecule has 0 saturated carbocycles. The Morgan fingerprint density at radius 3 is 2.46 bits per heavy atom. The van der Waals surface area contributed by atoms with Gasteiger partial charge in [-0.3, -0.25) is 4.79 Å². The number of carbonyl (C=O) groups is 2. The molecule has 6 heteroatoms. The second-order valence-corrected chi connectivity index (χ2v) is 13.2. The van der Waals surface area contributed by atoms with E-state index in [4.69, 9.17) is 4.74 Å². The summed E-state index contributed by atoms with van der Waals surface area (Å²) in [6, 6.07) is 9.74. The lowest BCUT2D eigenvalue weighted by atomic mass is 9.86. The zero-order chi connectivity index (χ0) is 21.1. The summed E-state index contributed by atoms with van der Waals surface area (Å²) < 4.78 is 5.11. The number of cyclic esters (lactones) is 1. The lowest BCUT2D eigenvalue weighted by molar-refractivity contribution is -0.135. The van der Waals surface area contributed by atoms with E-state index in [0.717, 1.165) is 4.90 Å². The van der Waals surface area contributed by atoms with Gasteiger partial charge in [-0.15, -0.1) is 6.58 Å². The average Bonchev–Trinajstić information content (AvgIpc) is 3.03. The van der Waals surface area contributed by atoms with Gasteiger partial charge in [-0.05, 0) is 5.41 Å². The van der Waals surface area contributed by atoms with Crippen molar-refractivity contribution in [1.29, 1.82) is 0 Å². The molecule has 2 amide bonds. The molecule has 1 heterocycles. The second-order valence-electron chi connectivity index (χ2n) is 8.87. The van der Waals surface area contributed by atoms with Crippen LogP contribution in [0.25, 0.3) is 0 Å². The average molecular weight is 402 g/mol. The minimum absolute atomic E-state index is 0.165. The quantitative estimate of drug-likeness (QED) is 0.587. The standard InChI is InChI=1S/C22H31NO4Si/c1-7-17(20(25)23-19(22(2,3)4)15-27-21(23)26)18(24)13-14-28(5,6)16-11-9-8-10-12-16/h7-14,17-19,24H,1,15H2,2-6H3/b14-13+/t17-,18-,19+/m0/s1. The number of aliphatic hydroxyl groups excluding tert-OH is 1. The number of imide groups is 1. The van der Waals surface area contributed by atoms with Gasteiger partial charge in [0.15, 0.2) is 0 Å². The van der Waals surface area contributed by atoms with Crippen LogP contribution in [0.3, 0.4) is 0 Å². The fourth-order valence-corrected chi connectivity index (χ4v) is 5.19. The van der Waals surface area contributed by atoms with Crippen molar-refractivity contribution >= 4 is 25.3 Å². The Balaban J connectivity index is 2.20. The van der Waals surface area contributed by atoms with Gasteiger partial charge in [-0.2, -0.15) is 0 Å². The Bertz CT molecular complexity index is 752. The molecule has 3 atom stereocenters. The topological polar surface area (TPSA) is 66.8 Å². The maximum atomic E-state index is 13.1. The lowest BCUT2D eigenvalue weighted by Crippen LogP contribution is -2.49. The van der Waals surface area contributed by atoms with Crippen molar-refractivity contribution in [2.45, 2.75) is 46.0 Å². The fraction of sp³-hybridized carbons (Fsp3) is 0.455. The van der Waals surface area contributed by atoms with Crippen LogP contribution in [0.4, 0.5) is 4.79 Å². The second kappa shape index (κ2) is 8.45. The molecule has 2 rings (SSSR count). The van der Waals surface area contributed by atoms with E-state index in [9.17, 15) is 14.7 Å². The predicted molar refractivity (Wildman–Crippen MR) is 114 cm³/mol. The van der Waals surface area contributed by atoms with E-state index in [1.54, 1.807) is 6.08 Å². The van der Waals surface area contributed by atoms with E-state index >= 15 is 0 Å². The summed E-state index contributed by atoms with van der Waals surface area (Å²) in [6.45, 7) is 14.1. The van der Waals surface area contributed by atoms with Crippen LogP contribution >= 0.6 is 0 Å². The number of hydrogen-bond donors (Lipinski definition) is 1. The Labute approximate surface area is 168 Å². The van der Waals surface area contributed by atoms with Gasteiger partial charge in [-0.25, -0.2) is 9.69 Å². The van der Waals surface area contributed by atoms with E-state index in [-0.39, 0.29) is 18.1 Å². The van der Waals surface area contributed by atoms with Gasteiger partial charge in [0, 0.05) is 0 Å². The molecule has 0 aliphatic carbocycles. The number of benzene rings is 1. The first-order valence-corrected chi connectivity index (χ1v) is 12.6. The third-order valence-corrected chi connectivity index (χ3v) is 8.09. The number of amides is 2. The fourth-order valence-electron chi connectivity index (χ4n) is 3.27. The van der Waals surface area contributed by atoms with Gasteiger partial charge in [-0.1, -0.05) is 87.2 Å². The van der Waals surface area contributed by atoms with Crippen LogP contribution < -0.4 is 5.19 Å². The highest BCUT2D eigenvalue weighted by Crippen LogP contribution is 2.31. The summed E-state index contributed by atoms with van der Waals surface area (Å²) >= 11 is 0. The number of ether oxygens (including phenoxy) is 1. The summed E-state index contributed by atoms with van der Waals surface area (Å²) in [5.74, 6) is -1.39. The molecule has 1 fully saturated rings. The van der Waals surface area contributed by atoms with Crippen LogP contribution in [0.15, 0.2) is 54.8 Å². The van der Waals surface area contributed by atoms with Gasteiger partial charge in [0.25, 0.3) is 0 Å². The van der Waals surface area contributed by atoms with Crippen LogP contribution in [-0.4, -0.2) is 48.8 Å². The van der Waals surface area contributed by atoms with Crippen molar-refractivity contribution in [2.75, 3.05) is 6.61 Å².